The van der Waals surface area contributed by atoms with Gasteiger partial charge in [0.05, 0.1) is 0 Å². The summed E-state index contributed by atoms with van der Waals surface area (Å²) in [6, 6.07) is 0.355. The van der Waals surface area contributed by atoms with E-state index in [0.717, 1.165) is 0 Å². The van der Waals surface area contributed by atoms with Crippen LogP contribution in [0.5, 0.6) is 0 Å². The van der Waals surface area contributed by atoms with E-state index >= 15 is 0 Å². The highest BCUT2D eigenvalue weighted by atomic mass is 35.5. The number of nitrogens with two attached hydrogens (primary N) is 1. The van der Waals surface area contributed by atoms with Crippen LogP contribution in [-0.2, 0) is 0 Å². The molecule has 1 aliphatic rings. The lowest BCUT2D eigenvalue weighted by Gasteiger charge is -2.08. The van der Waals surface area contributed by atoms with Gasteiger partial charge in [-0.15, -0.1) is 12.4 Å². The van der Waals surface area contributed by atoms with E-state index in [2.05, 4.69) is 12.2 Å². The molecule has 0 aromatic carbocycles. The molecule has 0 spiro atoms. The van der Waals surface area contributed by atoms with Crippen molar-refractivity contribution in [2.24, 2.45) is 5.73 Å². The summed E-state index contributed by atoms with van der Waals surface area (Å²) in [6.45, 7) is 0. The van der Waals surface area contributed by atoms with Gasteiger partial charge in [-0.05, 0) is 19.3 Å². The molecule has 1 atom stereocenters. The summed E-state index contributed by atoms with van der Waals surface area (Å²) in [4.78, 5) is 0. The van der Waals surface area contributed by atoms with Gasteiger partial charge >= 0.3 is 0 Å². The maximum atomic E-state index is 5.55. The zero-order valence-corrected chi connectivity index (χ0v) is 5.66. The van der Waals surface area contributed by atoms with E-state index in [-0.39, 0.29) is 12.4 Å². The minimum Gasteiger partial charge on any atom is -0.324 e. The zero-order chi connectivity index (χ0) is 5.11. The Bertz CT molecular complexity index is 80.6. The van der Waals surface area contributed by atoms with E-state index in [4.69, 9.17) is 5.73 Å². The summed E-state index contributed by atoms with van der Waals surface area (Å²) in [5, 5.41) is 0. The number of rotatable bonds is 0. The molecule has 48 valence electrons. The average Bonchev–Trinajstić information content (AvgIpc) is 1.69. The second-order valence-corrected chi connectivity index (χ2v) is 2.02. The highest BCUT2D eigenvalue weighted by Gasteiger charge is 1.99. The van der Waals surface area contributed by atoms with Crippen LogP contribution in [0.25, 0.3) is 0 Å². The second kappa shape index (κ2) is 3.93. The molecule has 0 radical (unpaired) electrons. The molecule has 8 heavy (non-hydrogen) atoms. The fourth-order valence-electron chi connectivity index (χ4n) is 0.839. The molecule has 0 aliphatic heterocycles. The van der Waals surface area contributed by atoms with E-state index in [0.29, 0.717) is 6.04 Å². The summed E-state index contributed by atoms with van der Waals surface area (Å²) in [5.74, 6) is 0. The van der Waals surface area contributed by atoms with Crippen molar-refractivity contribution in [1.82, 2.24) is 0 Å². The van der Waals surface area contributed by atoms with Gasteiger partial charge < -0.3 is 5.73 Å². The van der Waals surface area contributed by atoms with Crippen LogP contribution in [0.1, 0.15) is 19.3 Å². The topological polar surface area (TPSA) is 26.0 Å². The molecule has 0 amide bonds. The van der Waals surface area contributed by atoms with Gasteiger partial charge in [0.25, 0.3) is 0 Å². The van der Waals surface area contributed by atoms with Crippen LogP contribution in [-0.4, -0.2) is 6.04 Å². The highest BCUT2D eigenvalue weighted by Crippen LogP contribution is 2.06. The fourth-order valence-corrected chi connectivity index (χ4v) is 0.839. The lowest BCUT2D eigenvalue weighted by molar-refractivity contribution is 0.645. The third kappa shape index (κ3) is 2.34. The van der Waals surface area contributed by atoms with Crippen LogP contribution in [0.3, 0.4) is 0 Å². The standard InChI is InChI=1S/C6H11N.ClH/c7-6-4-2-1-3-5-6;/h2,4,6H,1,3,5,7H2;1H. The normalized spacial score (nSPS) is 26.9. The Morgan fingerprint density at radius 2 is 2.25 bits per heavy atom. The molecule has 0 fully saturated rings. The Labute approximate surface area is 56.4 Å². The summed E-state index contributed by atoms with van der Waals surface area (Å²) in [7, 11) is 0. The van der Waals surface area contributed by atoms with Crippen molar-refractivity contribution < 1.29 is 0 Å². The minimum absolute atomic E-state index is 0. The van der Waals surface area contributed by atoms with Crippen molar-refractivity contribution in [2.75, 3.05) is 0 Å². The lowest BCUT2D eigenvalue weighted by atomic mass is 10.0. The maximum Gasteiger partial charge on any atom is 0.0223 e. The van der Waals surface area contributed by atoms with E-state index in [1.807, 2.05) is 0 Å². The van der Waals surface area contributed by atoms with Gasteiger partial charge in [0.2, 0.25) is 0 Å². The molecule has 0 aromatic heterocycles. The first-order valence-electron chi connectivity index (χ1n) is 2.82. The van der Waals surface area contributed by atoms with Crippen molar-refractivity contribution in [3.63, 3.8) is 0 Å². The van der Waals surface area contributed by atoms with E-state index in [1.54, 1.807) is 0 Å². The van der Waals surface area contributed by atoms with Crippen LogP contribution >= 0.6 is 12.4 Å². The first kappa shape index (κ1) is 7.99. The Morgan fingerprint density at radius 3 is 2.50 bits per heavy atom. The predicted octanol–water partition coefficient (Wildman–Crippen LogP) is 1.48. The van der Waals surface area contributed by atoms with E-state index in [9.17, 15) is 0 Å². The largest absolute Gasteiger partial charge is 0.324 e. The molecular formula is C6H12ClN. The van der Waals surface area contributed by atoms with Crippen LogP contribution in [0.15, 0.2) is 12.2 Å². The Balaban J connectivity index is 0.000000490. The third-order valence-corrected chi connectivity index (χ3v) is 1.29. The van der Waals surface area contributed by atoms with Crippen LogP contribution < -0.4 is 5.73 Å². The monoisotopic (exact) mass is 133 g/mol. The fraction of sp³-hybridized carbons (Fsp3) is 0.667. The van der Waals surface area contributed by atoms with Crippen molar-refractivity contribution in [1.29, 1.82) is 0 Å². The van der Waals surface area contributed by atoms with Crippen molar-refractivity contribution in [2.45, 2.75) is 25.3 Å². The second-order valence-electron chi connectivity index (χ2n) is 2.02. The first-order chi connectivity index (χ1) is 3.39. The minimum atomic E-state index is 0. The smallest absolute Gasteiger partial charge is 0.0223 e. The van der Waals surface area contributed by atoms with Gasteiger partial charge in [0.1, 0.15) is 0 Å². The quantitative estimate of drug-likeness (QED) is 0.498. The van der Waals surface area contributed by atoms with E-state index in [1.165, 1.54) is 19.3 Å². The van der Waals surface area contributed by atoms with Crippen molar-refractivity contribution >= 4 is 12.4 Å². The number of allylic oxidation sites excluding steroid dienone is 1. The number of hydrogen-bond acceptors (Lipinski definition) is 1. The SMILES string of the molecule is Cl.NC1C=CCCC1. The number of hydrogen-bond donors (Lipinski definition) is 1. The van der Waals surface area contributed by atoms with Gasteiger partial charge in [-0.2, -0.15) is 0 Å². The Morgan fingerprint density at radius 1 is 1.50 bits per heavy atom. The summed E-state index contributed by atoms with van der Waals surface area (Å²) in [5.41, 5.74) is 5.55. The number of halogens is 1. The van der Waals surface area contributed by atoms with Crippen molar-refractivity contribution in [3.05, 3.63) is 12.2 Å². The van der Waals surface area contributed by atoms with Gasteiger partial charge in [-0.1, -0.05) is 12.2 Å². The molecule has 0 bridgehead atoms. The molecule has 0 heterocycles. The van der Waals surface area contributed by atoms with E-state index < -0.39 is 0 Å². The zero-order valence-electron chi connectivity index (χ0n) is 4.84. The van der Waals surface area contributed by atoms with Gasteiger partial charge in [0.15, 0.2) is 0 Å². The first-order valence-corrected chi connectivity index (χ1v) is 2.82. The van der Waals surface area contributed by atoms with Crippen molar-refractivity contribution in [3.8, 4) is 0 Å². The molecule has 2 heteroatoms. The molecule has 2 N–H and O–H groups in total. The maximum absolute atomic E-state index is 5.55. The summed E-state index contributed by atoms with van der Waals surface area (Å²) in [6.07, 6.45) is 7.93. The van der Waals surface area contributed by atoms with Gasteiger partial charge in [0, 0.05) is 6.04 Å². The highest BCUT2D eigenvalue weighted by molar-refractivity contribution is 5.85. The van der Waals surface area contributed by atoms with Crippen LogP contribution in [0.2, 0.25) is 0 Å². The predicted molar refractivity (Wildman–Crippen MR) is 38.2 cm³/mol. The third-order valence-electron chi connectivity index (χ3n) is 1.29. The average molecular weight is 134 g/mol. The Kier molecular flexibility index (Phi) is 3.92. The Hall–Kier alpha value is -0.0100. The molecule has 1 unspecified atom stereocenters. The summed E-state index contributed by atoms with van der Waals surface area (Å²) >= 11 is 0. The van der Waals surface area contributed by atoms with Crippen LogP contribution in [0.4, 0.5) is 0 Å². The lowest BCUT2D eigenvalue weighted by Crippen LogP contribution is -2.17. The van der Waals surface area contributed by atoms with Gasteiger partial charge in [-0.25, -0.2) is 0 Å². The molecule has 1 rings (SSSR count). The molecule has 1 nitrogen and oxygen atoms in total. The molecule has 0 saturated heterocycles. The van der Waals surface area contributed by atoms with Crippen LogP contribution in [0, 0.1) is 0 Å². The molecule has 1 aliphatic carbocycles. The summed E-state index contributed by atoms with van der Waals surface area (Å²) < 4.78 is 0. The molecule has 0 aromatic rings. The molecule has 0 saturated carbocycles. The molecular weight excluding hydrogens is 122 g/mol. The van der Waals surface area contributed by atoms with Gasteiger partial charge in [-0.3, -0.25) is 0 Å².